The second kappa shape index (κ2) is 11.4. The molecule has 0 saturated heterocycles. The van der Waals surface area contributed by atoms with Gasteiger partial charge in [0.1, 0.15) is 0 Å². The number of benzene rings is 9. The fourth-order valence-corrected chi connectivity index (χ4v) is 8.70. The molecule has 51 heavy (non-hydrogen) atoms. The SMILES string of the molecule is N#Cc1ccc2c(c1)C(c1ccccc1)(c1ccccc1)c1cc(-c3cccc(-c4ccc5c6ccccc6c6ccccc6c5c4)c3)ccc1-2. The van der Waals surface area contributed by atoms with Gasteiger partial charge < -0.3 is 0 Å². The molecule has 236 valence electrons. The Hall–Kier alpha value is -6.75. The summed E-state index contributed by atoms with van der Waals surface area (Å²) in [6, 6.07) is 70.4. The molecule has 0 unspecified atom stereocenters. The van der Waals surface area contributed by atoms with Crippen molar-refractivity contribution < 1.29 is 0 Å². The summed E-state index contributed by atoms with van der Waals surface area (Å²) in [6.07, 6.45) is 0. The molecular weight excluding hydrogens is 615 g/mol. The predicted octanol–water partition coefficient (Wildman–Crippen LogP) is 12.7. The number of nitrogens with zero attached hydrogens (tertiary/aromatic N) is 1. The number of hydrogen-bond acceptors (Lipinski definition) is 1. The molecule has 0 aromatic heterocycles. The van der Waals surface area contributed by atoms with Gasteiger partial charge in [-0.3, -0.25) is 0 Å². The van der Waals surface area contributed by atoms with Gasteiger partial charge in [-0.1, -0.05) is 158 Å². The molecule has 0 aliphatic heterocycles. The van der Waals surface area contributed by atoms with Gasteiger partial charge in [-0.25, -0.2) is 0 Å². The second-order valence-corrected chi connectivity index (χ2v) is 13.5. The number of fused-ring (bicyclic) bond motifs is 9. The van der Waals surface area contributed by atoms with Gasteiger partial charge in [-0.2, -0.15) is 5.26 Å². The van der Waals surface area contributed by atoms with Crippen LogP contribution >= 0.6 is 0 Å². The average molecular weight is 646 g/mol. The molecule has 1 heteroatoms. The molecule has 0 saturated carbocycles. The molecule has 1 nitrogen and oxygen atoms in total. The number of rotatable bonds is 4. The molecule has 0 N–H and O–H groups in total. The summed E-state index contributed by atoms with van der Waals surface area (Å²) < 4.78 is 0. The van der Waals surface area contributed by atoms with E-state index in [-0.39, 0.29) is 0 Å². The Morgan fingerprint density at radius 3 is 1.37 bits per heavy atom. The van der Waals surface area contributed by atoms with Gasteiger partial charge in [0, 0.05) is 0 Å². The lowest BCUT2D eigenvalue weighted by molar-refractivity contribution is 0.768. The van der Waals surface area contributed by atoms with E-state index in [0.29, 0.717) is 5.56 Å². The molecule has 1 aliphatic carbocycles. The van der Waals surface area contributed by atoms with Crippen LogP contribution in [0.3, 0.4) is 0 Å². The molecule has 1 aliphatic rings. The van der Waals surface area contributed by atoms with E-state index in [0.717, 1.165) is 11.1 Å². The molecule has 9 aromatic rings. The minimum atomic E-state index is -0.574. The third-order valence-electron chi connectivity index (χ3n) is 11.0. The maximum absolute atomic E-state index is 10.0. The maximum Gasteiger partial charge on any atom is 0.0991 e. The first kappa shape index (κ1) is 29.2. The van der Waals surface area contributed by atoms with Gasteiger partial charge in [0.05, 0.1) is 17.0 Å². The Kier molecular flexibility index (Phi) is 6.53. The number of nitriles is 1. The van der Waals surface area contributed by atoms with Crippen molar-refractivity contribution in [1.29, 1.82) is 5.26 Å². The van der Waals surface area contributed by atoms with Gasteiger partial charge in [-0.05, 0) is 118 Å². The smallest absolute Gasteiger partial charge is 0.0991 e. The zero-order valence-electron chi connectivity index (χ0n) is 27.8. The van der Waals surface area contributed by atoms with Crippen LogP contribution in [0.4, 0.5) is 0 Å². The minimum Gasteiger partial charge on any atom is -0.192 e. The van der Waals surface area contributed by atoms with Gasteiger partial charge in [0.25, 0.3) is 0 Å². The van der Waals surface area contributed by atoms with Crippen molar-refractivity contribution in [3.05, 3.63) is 216 Å². The lowest BCUT2D eigenvalue weighted by Gasteiger charge is -2.34. The molecular formula is C50H31N. The van der Waals surface area contributed by atoms with Crippen LogP contribution in [-0.4, -0.2) is 0 Å². The van der Waals surface area contributed by atoms with Crippen molar-refractivity contribution in [2.45, 2.75) is 5.41 Å². The van der Waals surface area contributed by atoms with Gasteiger partial charge >= 0.3 is 0 Å². The highest BCUT2D eigenvalue weighted by Gasteiger charge is 2.46. The molecule has 10 rings (SSSR count). The van der Waals surface area contributed by atoms with Crippen molar-refractivity contribution in [1.82, 2.24) is 0 Å². The highest BCUT2D eigenvalue weighted by molar-refractivity contribution is 6.25. The summed E-state index contributed by atoms with van der Waals surface area (Å²) >= 11 is 0. The lowest BCUT2D eigenvalue weighted by Crippen LogP contribution is -2.28. The summed E-state index contributed by atoms with van der Waals surface area (Å²) in [4.78, 5) is 0. The van der Waals surface area contributed by atoms with Crippen molar-refractivity contribution in [2.24, 2.45) is 0 Å². The molecule has 0 radical (unpaired) electrons. The summed E-state index contributed by atoms with van der Waals surface area (Å²) in [7, 11) is 0. The van der Waals surface area contributed by atoms with Gasteiger partial charge in [0.15, 0.2) is 0 Å². The normalized spacial score (nSPS) is 12.8. The lowest BCUT2D eigenvalue weighted by atomic mass is 9.67. The standard InChI is InChI=1S/C50H31N/c51-32-33-22-25-45-46-27-24-37(31-49(46)50(48(45)28-33,38-14-3-1-4-15-38)39-16-5-2-6-17-39)35-13-11-12-34(29-35)36-23-26-44-42-20-8-7-18-40(42)41-19-9-10-21-43(41)47(44)30-36/h1-31H. The Labute approximate surface area is 297 Å². The third kappa shape index (κ3) is 4.34. The summed E-state index contributed by atoms with van der Waals surface area (Å²) in [5, 5.41) is 17.7. The molecule has 9 aromatic carbocycles. The fourth-order valence-electron chi connectivity index (χ4n) is 8.70. The Morgan fingerprint density at radius 1 is 0.333 bits per heavy atom. The van der Waals surface area contributed by atoms with E-state index in [1.807, 2.05) is 6.07 Å². The van der Waals surface area contributed by atoms with Gasteiger partial charge in [0.2, 0.25) is 0 Å². The van der Waals surface area contributed by atoms with Crippen LogP contribution in [0.1, 0.15) is 27.8 Å². The van der Waals surface area contributed by atoms with E-state index >= 15 is 0 Å². The minimum absolute atomic E-state index is 0.574. The van der Waals surface area contributed by atoms with Crippen LogP contribution in [0.5, 0.6) is 0 Å². The first-order valence-corrected chi connectivity index (χ1v) is 17.5. The van der Waals surface area contributed by atoms with Crippen molar-refractivity contribution >= 4 is 32.3 Å². The Balaban J connectivity index is 1.17. The van der Waals surface area contributed by atoms with Crippen LogP contribution in [0.2, 0.25) is 0 Å². The molecule has 0 atom stereocenters. The summed E-state index contributed by atoms with van der Waals surface area (Å²) in [5.41, 5.74) is 12.0. The predicted molar refractivity (Wildman–Crippen MR) is 212 cm³/mol. The van der Waals surface area contributed by atoms with Gasteiger partial charge in [-0.15, -0.1) is 0 Å². The van der Waals surface area contributed by atoms with Crippen molar-refractivity contribution in [3.8, 4) is 39.4 Å². The van der Waals surface area contributed by atoms with E-state index in [2.05, 4.69) is 188 Å². The van der Waals surface area contributed by atoms with Crippen LogP contribution in [-0.2, 0) is 5.41 Å². The van der Waals surface area contributed by atoms with E-state index in [1.165, 1.54) is 76.8 Å². The quantitative estimate of drug-likeness (QED) is 0.175. The summed E-state index contributed by atoms with van der Waals surface area (Å²) in [6.45, 7) is 0. The second-order valence-electron chi connectivity index (χ2n) is 13.5. The number of hydrogen-bond donors (Lipinski definition) is 0. The molecule has 0 amide bonds. The Bertz CT molecular complexity index is 2780. The largest absolute Gasteiger partial charge is 0.192 e. The maximum atomic E-state index is 10.0. The fraction of sp³-hybridized carbons (Fsp3) is 0.0200. The van der Waals surface area contributed by atoms with Crippen LogP contribution in [0, 0.1) is 11.3 Å². The van der Waals surface area contributed by atoms with Crippen LogP contribution in [0.25, 0.3) is 65.7 Å². The van der Waals surface area contributed by atoms with E-state index in [4.69, 9.17) is 0 Å². The van der Waals surface area contributed by atoms with Crippen LogP contribution < -0.4 is 0 Å². The van der Waals surface area contributed by atoms with E-state index in [9.17, 15) is 5.26 Å². The first-order valence-electron chi connectivity index (χ1n) is 17.5. The monoisotopic (exact) mass is 645 g/mol. The highest BCUT2D eigenvalue weighted by atomic mass is 14.5. The topological polar surface area (TPSA) is 23.8 Å². The highest BCUT2D eigenvalue weighted by Crippen LogP contribution is 2.57. The zero-order valence-corrected chi connectivity index (χ0v) is 27.8. The molecule has 0 fully saturated rings. The summed E-state index contributed by atoms with van der Waals surface area (Å²) in [5.74, 6) is 0. The first-order chi connectivity index (χ1) is 25.2. The third-order valence-corrected chi connectivity index (χ3v) is 11.0. The van der Waals surface area contributed by atoms with Crippen molar-refractivity contribution in [3.63, 3.8) is 0 Å². The van der Waals surface area contributed by atoms with E-state index in [1.54, 1.807) is 0 Å². The molecule has 0 heterocycles. The average Bonchev–Trinajstić information content (AvgIpc) is 3.51. The molecule has 0 spiro atoms. The molecule has 0 bridgehead atoms. The Morgan fingerprint density at radius 2 is 0.784 bits per heavy atom. The van der Waals surface area contributed by atoms with Crippen molar-refractivity contribution in [2.75, 3.05) is 0 Å². The van der Waals surface area contributed by atoms with E-state index < -0.39 is 5.41 Å². The van der Waals surface area contributed by atoms with Crippen LogP contribution in [0.15, 0.2) is 188 Å². The zero-order chi connectivity index (χ0) is 33.9.